The summed E-state index contributed by atoms with van der Waals surface area (Å²) in [6, 6.07) is 7.69. The smallest absolute Gasteiger partial charge is 0.307 e. The van der Waals surface area contributed by atoms with Crippen LogP contribution in [-0.4, -0.2) is 41.3 Å². The number of H-pyrrole nitrogens is 1. The van der Waals surface area contributed by atoms with Crippen molar-refractivity contribution >= 4 is 46.2 Å². The molecular formula is C20H17ClN6O2S. The summed E-state index contributed by atoms with van der Waals surface area (Å²) in [7, 11) is 0. The Kier molecular flexibility index (Phi) is 4.86. The van der Waals surface area contributed by atoms with Gasteiger partial charge in [-0.3, -0.25) is 9.78 Å². The molecule has 3 N–H and O–H groups in total. The van der Waals surface area contributed by atoms with E-state index in [1.807, 2.05) is 24.4 Å². The molecule has 0 bridgehead atoms. The van der Waals surface area contributed by atoms with Gasteiger partial charge >= 0.3 is 4.87 Å². The Bertz CT molecular complexity index is 1230. The SMILES string of the molecule is O=c1[nH]c(O)c(/C=C2\N=Nc3cc(Cl)c(-c4ccc(N5CCNCC5)nc4)cc32)s1. The molecular weight excluding hydrogens is 424 g/mol. The molecule has 0 amide bonds. The van der Waals surface area contributed by atoms with E-state index in [1.54, 1.807) is 12.1 Å². The molecule has 3 aromatic rings. The highest BCUT2D eigenvalue weighted by atomic mass is 35.5. The third kappa shape index (κ3) is 3.51. The summed E-state index contributed by atoms with van der Waals surface area (Å²) in [5, 5.41) is 22.1. The van der Waals surface area contributed by atoms with Crippen molar-refractivity contribution in [2.24, 2.45) is 10.2 Å². The molecule has 2 aliphatic rings. The normalized spacial score (nSPS) is 17.0. The zero-order valence-corrected chi connectivity index (χ0v) is 17.3. The van der Waals surface area contributed by atoms with Crippen LogP contribution in [0.1, 0.15) is 10.4 Å². The number of azo groups is 1. The average Bonchev–Trinajstić information content (AvgIpc) is 3.30. The highest BCUT2D eigenvalue weighted by Gasteiger charge is 2.20. The van der Waals surface area contributed by atoms with Crippen LogP contribution in [-0.2, 0) is 0 Å². The van der Waals surface area contributed by atoms with Crippen LogP contribution in [0, 0.1) is 0 Å². The number of pyridine rings is 1. The van der Waals surface area contributed by atoms with Crippen LogP contribution < -0.4 is 15.1 Å². The minimum absolute atomic E-state index is 0.178. The number of fused-ring (bicyclic) bond motifs is 1. The maximum atomic E-state index is 11.4. The molecule has 0 aliphatic carbocycles. The standard InChI is InChI=1S/C20H17ClN6O2S/c21-14-8-15-13(16(26-25-15)9-17-19(28)24-20(29)30-17)7-12(14)11-1-2-18(23-10-11)27-5-3-22-4-6-27/h1-2,7-10,22,28H,3-6H2,(H,24,29)/b16-9-. The number of nitrogens with zero attached hydrogens (tertiary/aromatic N) is 4. The molecule has 10 heteroatoms. The van der Waals surface area contributed by atoms with Crippen molar-refractivity contribution in [2.75, 3.05) is 31.1 Å². The van der Waals surface area contributed by atoms with Crippen LogP contribution in [0.15, 0.2) is 45.5 Å². The van der Waals surface area contributed by atoms with Gasteiger partial charge < -0.3 is 15.3 Å². The van der Waals surface area contributed by atoms with Crippen molar-refractivity contribution in [3.8, 4) is 17.0 Å². The Balaban J connectivity index is 1.49. The van der Waals surface area contributed by atoms with E-state index in [2.05, 4.69) is 30.4 Å². The number of aromatic hydroxyl groups is 1. The number of aromatic amines is 1. The zero-order chi connectivity index (χ0) is 20.7. The van der Waals surface area contributed by atoms with Crippen LogP contribution in [0.2, 0.25) is 5.02 Å². The van der Waals surface area contributed by atoms with Gasteiger partial charge in [0.1, 0.15) is 5.82 Å². The van der Waals surface area contributed by atoms with Gasteiger partial charge in [0.05, 0.1) is 21.3 Å². The molecule has 0 atom stereocenters. The van der Waals surface area contributed by atoms with E-state index >= 15 is 0 Å². The molecule has 0 spiro atoms. The van der Waals surface area contributed by atoms with Crippen molar-refractivity contribution < 1.29 is 5.11 Å². The van der Waals surface area contributed by atoms with Crippen molar-refractivity contribution in [3.05, 3.63) is 55.6 Å². The summed E-state index contributed by atoms with van der Waals surface area (Å²) in [4.78, 5) is 20.7. The number of hydrogen-bond acceptors (Lipinski definition) is 8. The van der Waals surface area contributed by atoms with Gasteiger partial charge in [-0.05, 0) is 30.3 Å². The maximum absolute atomic E-state index is 11.4. The molecule has 0 saturated carbocycles. The quantitative estimate of drug-likeness (QED) is 0.573. The lowest BCUT2D eigenvalue weighted by molar-refractivity contribution is 0.455. The Morgan fingerprint density at radius 2 is 2.00 bits per heavy atom. The zero-order valence-electron chi connectivity index (χ0n) is 15.7. The van der Waals surface area contributed by atoms with Crippen LogP contribution in [0.3, 0.4) is 0 Å². The van der Waals surface area contributed by atoms with Crippen LogP contribution in [0.4, 0.5) is 11.5 Å². The third-order valence-electron chi connectivity index (χ3n) is 5.05. The summed E-state index contributed by atoms with van der Waals surface area (Å²) in [6.45, 7) is 3.77. The molecule has 5 rings (SSSR count). The Hall–Kier alpha value is -3.01. The minimum atomic E-state index is -0.332. The summed E-state index contributed by atoms with van der Waals surface area (Å²) in [6.07, 6.45) is 3.46. The molecule has 2 aromatic heterocycles. The fourth-order valence-corrected chi connectivity index (χ4v) is 4.45. The van der Waals surface area contributed by atoms with E-state index in [4.69, 9.17) is 11.6 Å². The van der Waals surface area contributed by atoms with Crippen LogP contribution in [0.25, 0.3) is 22.9 Å². The first kappa shape index (κ1) is 19.0. The molecule has 152 valence electrons. The van der Waals surface area contributed by atoms with Crippen molar-refractivity contribution in [2.45, 2.75) is 0 Å². The second-order valence-corrected chi connectivity index (χ2v) is 8.37. The van der Waals surface area contributed by atoms with E-state index in [0.717, 1.165) is 60.0 Å². The van der Waals surface area contributed by atoms with Gasteiger partial charge in [0.15, 0.2) is 0 Å². The lowest BCUT2D eigenvalue weighted by Crippen LogP contribution is -2.43. The third-order valence-corrected chi connectivity index (χ3v) is 6.18. The van der Waals surface area contributed by atoms with Gasteiger partial charge in [0.25, 0.3) is 0 Å². The number of nitrogens with one attached hydrogen (secondary N) is 2. The Labute approximate surface area is 180 Å². The monoisotopic (exact) mass is 440 g/mol. The Morgan fingerprint density at radius 1 is 1.17 bits per heavy atom. The van der Waals surface area contributed by atoms with E-state index in [9.17, 15) is 9.90 Å². The van der Waals surface area contributed by atoms with Gasteiger partial charge in [0.2, 0.25) is 5.88 Å². The summed E-state index contributed by atoms with van der Waals surface area (Å²) < 4.78 is 0. The van der Waals surface area contributed by atoms with E-state index in [0.29, 0.717) is 21.3 Å². The minimum Gasteiger partial charge on any atom is -0.493 e. The lowest BCUT2D eigenvalue weighted by Gasteiger charge is -2.28. The lowest BCUT2D eigenvalue weighted by atomic mass is 10.0. The molecule has 0 unspecified atom stereocenters. The van der Waals surface area contributed by atoms with Gasteiger partial charge in [-0.15, -0.1) is 10.2 Å². The van der Waals surface area contributed by atoms with E-state index in [-0.39, 0.29) is 10.8 Å². The molecule has 1 saturated heterocycles. The molecule has 8 nitrogen and oxygen atoms in total. The largest absolute Gasteiger partial charge is 0.493 e. The first-order chi connectivity index (χ1) is 14.6. The predicted octanol–water partition coefficient (Wildman–Crippen LogP) is 3.86. The van der Waals surface area contributed by atoms with Crippen molar-refractivity contribution in [1.29, 1.82) is 0 Å². The number of piperazine rings is 1. The summed E-state index contributed by atoms with van der Waals surface area (Å²) in [5.41, 5.74) is 3.68. The van der Waals surface area contributed by atoms with Gasteiger partial charge in [-0.25, -0.2) is 4.98 Å². The molecule has 1 fully saturated rings. The fraction of sp³-hybridized carbons (Fsp3) is 0.200. The van der Waals surface area contributed by atoms with E-state index < -0.39 is 0 Å². The number of rotatable bonds is 3. The second kappa shape index (κ2) is 7.67. The first-order valence-electron chi connectivity index (χ1n) is 9.40. The summed E-state index contributed by atoms with van der Waals surface area (Å²) in [5.74, 6) is 0.768. The number of thiazole rings is 1. The second-order valence-electron chi connectivity index (χ2n) is 6.95. The number of benzene rings is 1. The van der Waals surface area contributed by atoms with Gasteiger partial charge in [-0.2, -0.15) is 0 Å². The van der Waals surface area contributed by atoms with E-state index in [1.165, 1.54) is 0 Å². The predicted molar refractivity (Wildman–Crippen MR) is 119 cm³/mol. The molecule has 30 heavy (non-hydrogen) atoms. The highest BCUT2D eigenvalue weighted by molar-refractivity contribution is 7.10. The Morgan fingerprint density at radius 3 is 2.70 bits per heavy atom. The molecule has 4 heterocycles. The fourth-order valence-electron chi connectivity index (χ4n) is 3.52. The number of halogens is 1. The molecule has 0 radical (unpaired) electrons. The van der Waals surface area contributed by atoms with Crippen LogP contribution in [0.5, 0.6) is 5.88 Å². The van der Waals surface area contributed by atoms with Gasteiger partial charge in [-0.1, -0.05) is 22.9 Å². The number of aromatic nitrogens is 2. The number of hydrogen-bond donors (Lipinski definition) is 3. The highest BCUT2D eigenvalue weighted by Crippen LogP contribution is 2.42. The average molecular weight is 441 g/mol. The maximum Gasteiger partial charge on any atom is 0.307 e. The topological polar surface area (TPSA) is 106 Å². The summed E-state index contributed by atoms with van der Waals surface area (Å²) >= 11 is 7.43. The van der Waals surface area contributed by atoms with Gasteiger partial charge in [0, 0.05) is 49.1 Å². The van der Waals surface area contributed by atoms with Crippen molar-refractivity contribution in [1.82, 2.24) is 15.3 Å². The van der Waals surface area contributed by atoms with Crippen molar-refractivity contribution in [3.63, 3.8) is 0 Å². The first-order valence-corrected chi connectivity index (χ1v) is 10.6. The molecule has 2 aliphatic heterocycles. The van der Waals surface area contributed by atoms with Crippen LogP contribution >= 0.6 is 22.9 Å². The number of anilines is 1. The molecule has 1 aromatic carbocycles.